The summed E-state index contributed by atoms with van der Waals surface area (Å²) >= 11 is 0. The second kappa shape index (κ2) is 4.67. The summed E-state index contributed by atoms with van der Waals surface area (Å²) in [6.45, 7) is 0.281. The van der Waals surface area contributed by atoms with E-state index < -0.39 is 0 Å². The van der Waals surface area contributed by atoms with Crippen molar-refractivity contribution >= 4 is 16.7 Å². The molecule has 3 nitrogen and oxygen atoms in total. The SMILES string of the molecule is C#CCN(C)C(=O)c1nccc2ccccc12. The van der Waals surface area contributed by atoms with Gasteiger partial charge in [0.25, 0.3) is 5.91 Å². The predicted octanol–water partition coefficient (Wildman–Crippen LogP) is 1.94. The summed E-state index contributed by atoms with van der Waals surface area (Å²) in [6.07, 6.45) is 6.83. The second-order valence-electron chi connectivity index (χ2n) is 3.75. The molecule has 1 aromatic heterocycles. The average molecular weight is 224 g/mol. The highest BCUT2D eigenvalue weighted by Gasteiger charge is 2.14. The number of benzene rings is 1. The molecule has 0 aliphatic rings. The fourth-order valence-corrected chi connectivity index (χ4v) is 1.68. The summed E-state index contributed by atoms with van der Waals surface area (Å²) in [5, 5.41) is 1.85. The highest BCUT2D eigenvalue weighted by molar-refractivity contribution is 6.05. The number of hydrogen-bond donors (Lipinski definition) is 0. The molecule has 0 N–H and O–H groups in total. The van der Waals surface area contributed by atoms with Crippen molar-refractivity contribution in [3.8, 4) is 12.3 Å². The fourth-order valence-electron chi connectivity index (χ4n) is 1.68. The van der Waals surface area contributed by atoms with Gasteiger partial charge >= 0.3 is 0 Å². The van der Waals surface area contributed by atoms with E-state index in [-0.39, 0.29) is 12.5 Å². The monoisotopic (exact) mass is 224 g/mol. The molecule has 0 fully saturated rings. The van der Waals surface area contributed by atoms with Crippen LogP contribution in [0.5, 0.6) is 0 Å². The average Bonchev–Trinajstić information content (AvgIpc) is 2.37. The molecule has 3 heteroatoms. The van der Waals surface area contributed by atoms with Gasteiger partial charge in [-0.15, -0.1) is 6.42 Å². The molecule has 0 bridgehead atoms. The number of amides is 1. The first-order chi connectivity index (χ1) is 8.24. The van der Waals surface area contributed by atoms with Gasteiger partial charge in [0.05, 0.1) is 6.54 Å². The van der Waals surface area contributed by atoms with Crippen LogP contribution in [0.2, 0.25) is 0 Å². The van der Waals surface area contributed by atoms with Crippen molar-refractivity contribution in [1.29, 1.82) is 0 Å². The van der Waals surface area contributed by atoms with Gasteiger partial charge < -0.3 is 4.90 Å². The molecule has 17 heavy (non-hydrogen) atoms. The van der Waals surface area contributed by atoms with E-state index in [1.54, 1.807) is 13.2 Å². The van der Waals surface area contributed by atoms with Gasteiger partial charge in [-0.2, -0.15) is 0 Å². The zero-order chi connectivity index (χ0) is 12.3. The molecule has 0 saturated carbocycles. The molecule has 0 unspecified atom stereocenters. The Bertz CT molecular complexity index is 593. The largest absolute Gasteiger partial charge is 0.329 e. The van der Waals surface area contributed by atoms with Gasteiger partial charge in [-0.1, -0.05) is 30.2 Å². The van der Waals surface area contributed by atoms with E-state index in [1.165, 1.54) is 4.90 Å². The Morgan fingerprint density at radius 2 is 2.18 bits per heavy atom. The maximum atomic E-state index is 12.1. The molecule has 0 saturated heterocycles. The maximum absolute atomic E-state index is 12.1. The molecule has 0 atom stereocenters. The van der Waals surface area contributed by atoms with Crippen LogP contribution in [0.4, 0.5) is 0 Å². The highest BCUT2D eigenvalue weighted by atomic mass is 16.2. The van der Waals surface area contributed by atoms with E-state index in [1.807, 2.05) is 30.3 Å². The number of carbonyl (C=O) groups excluding carboxylic acids is 1. The Kier molecular flexibility index (Phi) is 3.06. The first-order valence-corrected chi connectivity index (χ1v) is 5.26. The van der Waals surface area contributed by atoms with Crippen molar-refractivity contribution in [3.63, 3.8) is 0 Å². The van der Waals surface area contributed by atoms with Gasteiger partial charge in [0.2, 0.25) is 0 Å². The third-order valence-corrected chi connectivity index (χ3v) is 2.55. The van der Waals surface area contributed by atoms with Crippen molar-refractivity contribution in [3.05, 3.63) is 42.2 Å². The lowest BCUT2D eigenvalue weighted by molar-refractivity contribution is 0.0809. The van der Waals surface area contributed by atoms with E-state index in [0.29, 0.717) is 5.69 Å². The van der Waals surface area contributed by atoms with Crippen LogP contribution in [0.25, 0.3) is 10.8 Å². The van der Waals surface area contributed by atoms with E-state index >= 15 is 0 Å². The minimum absolute atomic E-state index is 0.153. The molecule has 0 radical (unpaired) electrons. The Hall–Kier alpha value is -2.34. The molecule has 1 aromatic carbocycles. The summed E-state index contributed by atoms with van der Waals surface area (Å²) in [5.74, 6) is 2.29. The van der Waals surface area contributed by atoms with E-state index in [4.69, 9.17) is 6.42 Å². The highest BCUT2D eigenvalue weighted by Crippen LogP contribution is 2.17. The van der Waals surface area contributed by atoms with Crippen molar-refractivity contribution < 1.29 is 4.79 Å². The Morgan fingerprint density at radius 3 is 2.94 bits per heavy atom. The normalized spacial score (nSPS) is 9.88. The number of nitrogens with zero attached hydrogens (tertiary/aromatic N) is 2. The summed E-state index contributed by atoms with van der Waals surface area (Å²) in [6, 6.07) is 9.55. The molecule has 0 aliphatic carbocycles. The first-order valence-electron chi connectivity index (χ1n) is 5.26. The topological polar surface area (TPSA) is 33.2 Å². The van der Waals surface area contributed by atoms with Crippen LogP contribution in [-0.2, 0) is 0 Å². The first kappa shape index (κ1) is 11.2. The minimum atomic E-state index is -0.153. The van der Waals surface area contributed by atoms with Gasteiger partial charge in [-0.3, -0.25) is 9.78 Å². The summed E-state index contributed by atoms with van der Waals surface area (Å²) in [5.41, 5.74) is 0.445. The Morgan fingerprint density at radius 1 is 1.41 bits per heavy atom. The van der Waals surface area contributed by atoms with Gasteiger partial charge in [0, 0.05) is 18.6 Å². The Balaban J connectivity index is 2.49. The number of fused-ring (bicyclic) bond motifs is 1. The molecular formula is C14H12N2O. The molecular weight excluding hydrogens is 212 g/mol. The zero-order valence-electron chi connectivity index (χ0n) is 9.55. The molecule has 84 valence electrons. The van der Waals surface area contributed by atoms with Crippen LogP contribution in [0.3, 0.4) is 0 Å². The van der Waals surface area contributed by atoms with Crippen LogP contribution in [0.1, 0.15) is 10.5 Å². The number of terminal acetylenes is 1. The lowest BCUT2D eigenvalue weighted by Gasteiger charge is -2.14. The van der Waals surface area contributed by atoms with Crippen molar-refractivity contribution in [2.45, 2.75) is 0 Å². The van der Waals surface area contributed by atoms with Crippen LogP contribution in [-0.4, -0.2) is 29.4 Å². The number of rotatable bonds is 2. The fraction of sp³-hybridized carbons (Fsp3) is 0.143. The molecule has 0 spiro atoms. The summed E-state index contributed by atoms with van der Waals surface area (Å²) in [4.78, 5) is 17.7. The number of pyridine rings is 1. The van der Waals surface area contributed by atoms with Crippen molar-refractivity contribution in [2.75, 3.05) is 13.6 Å². The maximum Gasteiger partial charge on any atom is 0.273 e. The minimum Gasteiger partial charge on any atom is -0.329 e. The molecule has 1 amide bonds. The van der Waals surface area contributed by atoms with Gasteiger partial charge in [0.1, 0.15) is 5.69 Å². The van der Waals surface area contributed by atoms with Gasteiger partial charge in [0.15, 0.2) is 0 Å². The lowest BCUT2D eigenvalue weighted by atomic mass is 10.1. The molecule has 2 rings (SSSR count). The van der Waals surface area contributed by atoms with Gasteiger partial charge in [-0.25, -0.2) is 0 Å². The summed E-state index contributed by atoms with van der Waals surface area (Å²) in [7, 11) is 1.67. The quantitative estimate of drug-likeness (QED) is 0.730. The van der Waals surface area contributed by atoms with Crippen molar-refractivity contribution in [1.82, 2.24) is 9.88 Å². The zero-order valence-corrected chi connectivity index (χ0v) is 9.55. The second-order valence-corrected chi connectivity index (χ2v) is 3.75. The smallest absolute Gasteiger partial charge is 0.273 e. The van der Waals surface area contributed by atoms with Crippen molar-refractivity contribution in [2.24, 2.45) is 0 Å². The van der Waals surface area contributed by atoms with Crippen LogP contribution < -0.4 is 0 Å². The third-order valence-electron chi connectivity index (χ3n) is 2.55. The van der Waals surface area contributed by atoms with Crippen LogP contribution in [0, 0.1) is 12.3 Å². The number of hydrogen-bond acceptors (Lipinski definition) is 2. The standard InChI is InChI=1S/C14H12N2O/c1-3-10-16(2)14(17)13-12-7-5-4-6-11(12)8-9-15-13/h1,4-9H,10H2,2H3. The van der Waals surface area contributed by atoms with Gasteiger partial charge in [-0.05, 0) is 11.5 Å². The third kappa shape index (κ3) is 2.11. The number of aromatic nitrogens is 1. The summed E-state index contributed by atoms with van der Waals surface area (Å²) < 4.78 is 0. The lowest BCUT2D eigenvalue weighted by Crippen LogP contribution is -2.27. The molecule has 0 aliphatic heterocycles. The number of carbonyl (C=O) groups is 1. The van der Waals surface area contributed by atoms with Crippen LogP contribution >= 0.6 is 0 Å². The van der Waals surface area contributed by atoms with E-state index in [2.05, 4.69) is 10.9 Å². The van der Waals surface area contributed by atoms with E-state index in [9.17, 15) is 4.79 Å². The predicted molar refractivity (Wildman–Crippen MR) is 67.5 cm³/mol. The Labute approximate surface area is 100 Å². The molecule has 2 aromatic rings. The van der Waals surface area contributed by atoms with E-state index in [0.717, 1.165) is 10.8 Å². The van der Waals surface area contributed by atoms with Crippen LogP contribution in [0.15, 0.2) is 36.5 Å². The molecule has 1 heterocycles.